The number of ether oxygens (including phenoxy) is 1. The molecule has 5 heteroatoms. The van der Waals surface area contributed by atoms with E-state index in [0.717, 1.165) is 12.1 Å². The van der Waals surface area contributed by atoms with Crippen molar-refractivity contribution in [1.29, 1.82) is 0 Å². The average molecular weight is 278 g/mol. The van der Waals surface area contributed by atoms with Crippen LogP contribution in [0.2, 0.25) is 0 Å². The number of hydrogen-bond donors (Lipinski definition) is 2. The Labute approximate surface area is 118 Å². The van der Waals surface area contributed by atoms with Crippen LogP contribution in [0.1, 0.15) is 36.5 Å². The molecule has 2 rings (SSSR count). The number of carbonyl (C=O) groups excluding carboxylic acids is 1. The first kappa shape index (κ1) is 13.8. The first-order valence-corrected chi connectivity index (χ1v) is 6.94. The van der Waals surface area contributed by atoms with Gasteiger partial charge in [-0.1, -0.05) is 6.92 Å². The molecule has 0 radical (unpaired) electrons. The van der Waals surface area contributed by atoms with Gasteiger partial charge in [0.2, 0.25) is 0 Å². The van der Waals surface area contributed by atoms with E-state index in [1.54, 1.807) is 12.1 Å². The number of carbonyl (C=O) groups is 1. The average Bonchev–Trinajstić information content (AvgIpc) is 3.20. The lowest BCUT2D eigenvalue weighted by Crippen LogP contribution is -2.30. The van der Waals surface area contributed by atoms with Crippen molar-refractivity contribution in [3.63, 3.8) is 0 Å². The van der Waals surface area contributed by atoms with Gasteiger partial charge in [-0.2, -0.15) is 0 Å². The maximum Gasteiger partial charge on any atom is 0.338 e. The second-order valence-electron chi connectivity index (χ2n) is 4.59. The van der Waals surface area contributed by atoms with E-state index in [1.165, 1.54) is 12.8 Å². The van der Waals surface area contributed by atoms with Gasteiger partial charge in [0, 0.05) is 11.7 Å². The molecule has 0 spiro atoms. The quantitative estimate of drug-likeness (QED) is 0.640. The summed E-state index contributed by atoms with van der Waals surface area (Å²) in [7, 11) is 0. The number of hydrogen-bond acceptors (Lipinski definition) is 3. The van der Waals surface area contributed by atoms with Crippen molar-refractivity contribution < 1.29 is 9.53 Å². The second-order valence-corrected chi connectivity index (χ2v) is 4.99. The third-order valence-electron chi connectivity index (χ3n) is 2.73. The van der Waals surface area contributed by atoms with Gasteiger partial charge in [-0.25, -0.2) is 4.79 Å². The molecule has 0 amide bonds. The van der Waals surface area contributed by atoms with E-state index in [0.29, 0.717) is 23.3 Å². The third-order valence-corrected chi connectivity index (χ3v) is 2.95. The van der Waals surface area contributed by atoms with Crippen LogP contribution in [0.4, 0.5) is 5.69 Å². The molecule has 0 saturated heterocycles. The molecule has 0 atom stereocenters. The highest BCUT2D eigenvalue weighted by Crippen LogP contribution is 2.19. The van der Waals surface area contributed by atoms with Crippen molar-refractivity contribution >= 4 is 29.0 Å². The summed E-state index contributed by atoms with van der Waals surface area (Å²) in [5.41, 5.74) is 1.42. The summed E-state index contributed by atoms with van der Waals surface area (Å²) >= 11 is 5.18. The number of anilines is 1. The van der Waals surface area contributed by atoms with Crippen molar-refractivity contribution in [1.82, 2.24) is 5.32 Å². The lowest BCUT2D eigenvalue weighted by molar-refractivity contribution is 0.0505. The summed E-state index contributed by atoms with van der Waals surface area (Å²) < 4.78 is 5.06. The Hall–Kier alpha value is -1.62. The van der Waals surface area contributed by atoms with Crippen LogP contribution < -0.4 is 10.6 Å². The van der Waals surface area contributed by atoms with Gasteiger partial charge in [0.25, 0.3) is 0 Å². The fourth-order valence-electron chi connectivity index (χ4n) is 1.55. The van der Waals surface area contributed by atoms with Gasteiger partial charge in [-0.05, 0) is 55.7 Å². The molecule has 1 saturated carbocycles. The van der Waals surface area contributed by atoms with Gasteiger partial charge in [0.1, 0.15) is 0 Å². The molecular formula is C14H18N2O2S. The highest BCUT2D eigenvalue weighted by atomic mass is 32.1. The van der Waals surface area contributed by atoms with Crippen molar-refractivity contribution in [3.05, 3.63) is 29.8 Å². The van der Waals surface area contributed by atoms with Crippen molar-refractivity contribution in [2.24, 2.45) is 0 Å². The van der Waals surface area contributed by atoms with Gasteiger partial charge in [0.05, 0.1) is 12.2 Å². The molecule has 2 N–H and O–H groups in total. The first-order valence-electron chi connectivity index (χ1n) is 6.53. The minimum atomic E-state index is -0.285. The van der Waals surface area contributed by atoms with Crippen LogP contribution in [0.25, 0.3) is 0 Å². The zero-order valence-electron chi connectivity index (χ0n) is 10.9. The van der Waals surface area contributed by atoms with Crippen LogP contribution in [0.5, 0.6) is 0 Å². The zero-order chi connectivity index (χ0) is 13.7. The molecule has 0 unspecified atom stereocenters. The van der Waals surface area contributed by atoms with E-state index in [1.807, 2.05) is 19.1 Å². The number of esters is 1. The Morgan fingerprint density at radius 2 is 2.05 bits per heavy atom. The highest BCUT2D eigenvalue weighted by molar-refractivity contribution is 7.80. The molecule has 4 nitrogen and oxygen atoms in total. The molecule has 0 aromatic heterocycles. The number of benzene rings is 1. The van der Waals surface area contributed by atoms with Crippen LogP contribution in [0.15, 0.2) is 24.3 Å². The molecule has 19 heavy (non-hydrogen) atoms. The van der Waals surface area contributed by atoms with Gasteiger partial charge in [-0.3, -0.25) is 0 Å². The summed E-state index contributed by atoms with van der Waals surface area (Å²) in [4.78, 5) is 11.6. The molecule has 1 aromatic carbocycles. The molecule has 1 aromatic rings. The SMILES string of the molecule is CCCOC(=O)c1ccc(NC(=S)NC2CC2)cc1. The van der Waals surface area contributed by atoms with Crippen LogP contribution in [-0.4, -0.2) is 23.7 Å². The maximum absolute atomic E-state index is 11.6. The van der Waals surface area contributed by atoms with E-state index in [-0.39, 0.29) is 5.97 Å². The predicted octanol–water partition coefficient (Wildman–Crippen LogP) is 2.70. The fraction of sp³-hybridized carbons (Fsp3) is 0.429. The van der Waals surface area contributed by atoms with Crippen molar-refractivity contribution in [2.75, 3.05) is 11.9 Å². The van der Waals surface area contributed by atoms with Crippen molar-refractivity contribution in [3.8, 4) is 0 Å². The lowest BCUT2D eigenvalue weighted by Gasteiger charge is -2.10. The molecule has 0 aliphatic heterocycles. The van der Waals surface area contributed by atoms with Crippen molar-refractivity contribution in [2.45, 2.75) is 32.2 Å². The summed E-state index contributed by atoms with van der Waals surface area (Å²) in [6.07, 6.45) is 3.19. The second kappa shape index (κ2) is 6.52. The van der Waals surface area contributed by atoms with Gasteiger partial charge < -0.3 is 15.4 Å². The lowest BCUT2D eigenvalue weighted by atomic mass is 10.2. The number of thiocarbonyl (C=S) groups is 1. The Balaban J connectivity index is 1.86. The molecular weight excluding hydrogens is 260 g/mol. The molecule has 1 aliphatic carbocycles. The number of rotatable bonds is 5. The van der Waals surface area contributed by atoms with E-state index in [4.69, 9.17) is 17.0 Å². The van der Waals surface area contributed by atoms with Crippen LogP contribution >= 0.6 is 12.2 Å². The van der Waals surface area contributed by atoms with Crippen LogP contribution in [0.3, 0.4) is 0 Å². The van der Waals surface area contributed by atoms with E-state index in [2.05, 4.69) is 10.6 Å². The minimum absolute atomic E-state index is 0.285. The zero-order valence-corrected chi connectivity index (χ0v) is 11.8. The van der Waals surface area contributed by atoms with Gasteiger partial charge in [-0.15, -0.1) is 0 Å². The van der Waals surface area contributed by atoms with E-state index >= 15 is 0 Å². The first-order chi connectivity index (χ1) is 9.19. The fourth-order valence-corrected chi connectivity index (χ4v) is 1.83. The Kier molecular flexibility index (Phi) is 4.74. The smallest absolute Gasteiger partial charge is 0.338 e. The highest BCUT2D eigenvalue weighted by Gasteiger charge is 2.21. The summed E-state index contributed by atoms with van der Waals surface area (Å²) in [5, 5.41) is 6.92. The number of nitrogens with one attached hydrogen (secondary N) is 2. The van der Waals surface area contributed by atoms with Crippen LogP contribution in [0, 0.1) is 0 Å². The van der Waals surface area contributed by atoms with Gasteiger partial charge in [0.15, 0.2) is 5.11 Å². The summed E-state index contributed by atoms with van der Waals surface area (Å²) in [6, 6.07) is 7.65. The molecule has 0 heterocycles. The predicted molar refractivity (Wildman–Crippen MR) is 79.4 cm³/mol. The van der Waals surface area contributed by atoms with Crippen LogP contribution in [-0.2, 0) is 4.74 Å². The third kappa shape index (κ3) is 4.52. The molecule has 1 fully saturated rings. The summed E-state index contributed by atoms with van der Waals surface area (Å²) in [6.45, 7) is 2.42. The Morgan fingerprint density at radius 3 is 2.63 bits per heavy atom. The molecule has 102 valence electrons. The van der Waals surface area contributed by atoms with Gasteiger partial charge >= 0.3 is 5.97 Å². The standard InChI is InChI=1S/C14H18N2O2S/c1-2-9-18-13(17)10-3-5-11(6-4-10)15-14(19)16-12-7-8-12/h3-6,12H,2,7-9H2,1H3,(H2,15,16,19). The monoisotopic (exact) mass is 278 g/mol. The maximum atomic E-state index is 11.6. The molecule has 0 bridgehead atoms. The summed E-state index contributed by atoms with van der Waals surface area (Å²) in [5.74, 6) is -0.285. The largest absolute Gasteiger partial charge is 0.462 e. The molecule has 1 aliphatic rings. The van der Waals surface area contributed by atoms with E-state index in [9.17, 15) is 4.79 Å². The Bertz CT molecular complexity index is 455. The Morgan fingerprint density at radius 1 is 1.37 bits per heavy atom. The topological polar surface area (TPSA) is 50.4 Å². The van der Waals surface area contributed by atoms with E-state index < -0.39 is 0 Å². The minimum Gasteiger partial charge on any atom is -0.462 e. The normalized spacial score (nSPS) is 13.7.